The Morgan fingerprint density at radius 1 is 0.773 bits per heavy atom. The van der Waals surface area contributed by atoms with E-state index in [4.69, 9.17) is 0 Å². The molecule has 2 aliphatic rings. The summed E-state index contributed by atoms with van der Waals surface area (Å²) in [7, 11) is 0. The Hall–Kier alpha value is -0.0800. The average Bonchev–Trinajstić information content (AvgIpc) is 2.48. The lowest BCUT2D eigenvalue weighted by Crippen LogP contribution is -2.45. The van der Waals surface area contributed by atoms with E-state index in [2.05, 4.69) is 38.3 Å². The van der Waals surface area contributed by atoms with Gasteiger partial charge in [0.15, 0.2) is 0 Å². The van der Waals surface area contributed by atoms with E-state index >= 15 is 0 Å². The van der Waals surface area contributed by atoms with E-state index in [1.54, 1.807) is 0 Å². The minimum atomic E-state index is 0.452. The molecule has 0 aliphatic heterocycles. The first-order valence-corrected chi connectivity index (χ1v) is 9.95. The minimum Gasteiger partial charge on any atom is -0.314 e. The number of rotatable bonds is 6. The van der Waals surface area contributed by atoms with Crippen molar-refractivity contribution in [2.45, 2.75) is 97.6 Å². The van der Waals surface area contributed by atoms with E-state index in [9.17, 15) is 0 Å². The Kier molecular flexibility index (Phi) is 7.21. The third-order valence-electron chi connectivity index (χ3n) is 6.16. The van der Waals surface area contributed by atoms with Crippen molar-refractivity contribution < 1.29 is 0 Å². The molecule has 0 amide bonds. The summed E-state index contributed by atoms with van der Waals surface area (Å²) in [4.78, 5) is 0. The lowest BCUT2D eigenvalue weighted by atomic mass is 9.69. The summed E-state index contributed by atoms with van der Waals surface area (Å²) in [6.45, 7) is 12.1. The van der Waals surface area contributed by atoms with Gasteiger partial charge < -0.3 is 10.6 Å². The molecule has 0 aromatic rings. The van der Waals surface area contributed by atoms with Gasteiger partial charge in [-0.25, -0.2) is 0 Å². The van der Waals surface area contributed by atoms with Crippen LogP contribution in [0.1, 0.15) is 85.5 Å². The van der Waals surface area contributed by atoms with E-state index in [1.807, 2.05) is 0 Å². The Bertz CT molecular complexity index is 307. The maximum atomic E-state index is 3.89. The summed E-state index contributed by atoms with van der Waals surface area (Å²) in [5.74, 6) is 1.73. The Balaban J connectivity index is 1.63. The van der Waals surface area contributed by atoms with Gasteiger partial charge in [0.2, 0.25) is 0 Å². The number of nitrogens with one attached hydrogen (secondary N) is 2. The van der Waals surface area contributed by atoms with Gasteiger partial charge in [-0.15, -0.1) is 0 Å². The molecule has 0 bridgehead atoms. The molecule has 0 aromatic heterocycles. The average molecular weight is 309 g/mol. The summed E-state index contributed by atoms with van der Waals surface area (Å²) >= 11 is 0. The first-order valence-electron chi connectivity index (χ1n) is 9.95. The van der Waals surface area contributed by atoms with E-state index in [0.717, 1.165) is 23.9 Å². The molecule has 4 atom stereocenters. The van der Waals surface area contributed by atoms with Gasteiger partial charge >= 0.3 is 0 Å². The molecule has 2 fully saturated rings. The van der Waals surface area contributed by atoms with Gasteiger partial charge in [0, 0.05) is 12.1 Å². The van der Waals surface area contributed by atoms with Crippen LogP contribution in [0.5, 0.6) is 0 Å². The SMILES string of the molecule is CC1CCCCC1NCCCNC1CCCCC1C(C)(C)C. The van der Waals surface area contributed by atoms with Crippen LogP contribution in [0.2, 0.25) is 0 Å². The highest BCUT2D eigenvalue weighted by Crippen LogP contribution is 2.37. The molecule has 0 spiro atoms. The predicted molar refractivity (Wildman–Crippen MR) is 97.2 cm³/mol. The maximum Gasteiger partial charge on any atom is 0.0100 e. The van der Waals surface area contributed by atoms with Crippen molar-refractivity contribution in [2.24, 2.45) is 17.3 Å². The van der Waals surface area contributed by atoms with Crippen LogP contribution in [0.15, 0.2) is 0 Å². The van der Waals surface area contributed by atoms with Gasteiger partial charge in [0.25, 0.3) is 0 Å². The summed E-state index contributed by atoms with van der Waals surface area (Å²) < 4.78 is 0. The zero-order valence-electron chi connectivity index (χ0n) is 15.6. The summed E-state index contributed by atoms with van der Waals surface area (Å²) in [5, 5.41) is 7.70. The lowest BCUT2D eigenvalue weighted by molar-refractivity contribution is 0.131. The van der Waals surface area contributed by atoms with E-state index < -0.39 is 0 Å². The van der Waals surface area contributed by atoms with Crippen molar-refractivity contribution in [3.63, 3.8) is 0 Å². The molecule has 130 valence electrons. The highest BCUT2D eigenvalue weighted by Gasteiger charge is 2.33. The van der Waals surface area contributed by atoms with Crippen molar-refractivity contribution in [1.29, 1.82) is 0 Å². The van der Waals surface area contributed by atoms with Crippen LogP contribution in [-0.4, -0.2) is 25.2 Å². The largest absolute Gasteiger partial charge is 0.314 e. The zero-order valence-corrected chi connectivity index (χ0v) is 15.6. The molecule has 2 saturated carbocycles. The minimum absolute atomic E-state index is 0.452. The molecule has 0 radical (unpaired) electrons. The van der Waals surface area contributed by atoms with Crippen LogP contribution in [0.4, 0.5) is 0 Å². The molecule has 4 unspecified atom stereocenters. The second-order valence-electron chi connectivity index (χ2n) is 8.99. The molecule has 2 rings (SSSR count). The van der Waals surface area contributed by atoms with Crippen LogP contribution in [0.25, 0.3) is 0 Å². The van der Waals surface area contributed by atoms with Crippen LogP contribution in [-0.2, 0) is 0 Å². The molecule has 0 aromatic carbocycles. The molecule has 2 heteroatoms. The van der Waals surface area contributed by atoms with Crippen molar-refractivity contribution >= 4 is 0 Å². The molecule has 22 heavy (non-hydrogen) atoms. The first kappa shape index (κ1) is 18.3. The van der Waals surface area contributed by atoms with E-state index in [1.165, 1.54) is 70.9 Å². The van der Waals surface area contributed by atoms with Gasteiger partial charge in [-0.1, -0.05) is 53.4 Å². The Morgan fingerprint density at radius 2 is 1.32 bits per heavy atom. The predicted octanol–water partition coefficient (Wildman–Crippen LogP) is 4.74. The second-order valence-corrected chi connectivity index (χ2v) is 8.99. The van der Waals surface area contributed by atoms with Crippen LogP contribution in [0.3, 0.4) is 0 Å². The van der Waals surface area contributed by atoms with Gasteiger partial charge in [0.05, 0.1) is 0 Å². The molecule has 0 saturated heterocycles. The number of hydrogen-bond acceptors (Lipinski definition) is 2. The third-order valence-corrected chi connectivity index (χ3v) is 6.16. The monoisotopic (exact) mass is 308 g/mol. The van der Waals surface area contributed by atoms with Crippen molar-refractivity contribution in [3.05, 3.63) is 0 Å². The van der Waals surface area contributed by atoms with Crippen molar-refractivity contribution in [3.8, 4) is 0 Å². The zero-order chi connectivity index (χ0) is 16.0. The molecular formula is C20H40N2. The summed E-state index contributed by atoms with van der Waals surface area (Å²) in [5.41, 5.74) is 0.452. The lowest BCUT2D eigenvalue weighted by Gasteiger charge is -2.41. The van der Waals surface area contributed by atoms with Gasteiger partial charge in [0.1, 0.15) is 0 Å². The molecule has 2 N–H and O–H groups in total. The van der Waals surface area contributed by atoms with Crippen LogP contribution >= 0.6 is 0 Å². The number of hydrogen-bond donors (Lipinski definition) is 2. The summed E-state index contributed by atoms with van der Waals surface area (Å²) in [6, 6.07) is 1.54. The molecule has 2 nitrogen and oxygen atoms in total. The summed E-state index contributed by atoms with van der Waals surface area (Å²) in [6.07, 6.45) is 12.6. The fourth-order valence-corrected chi connectivity index (χ4v) is 4.69. The maximum absolute atomic E-state index is 3.89. The standard InChI is InChI=1S/C20H40N2/c1-16-10-5-7-12-18(16)21-14-9-15-22-19-13-8-6-11-17(19)20(2,3)4/h16-19,21-22H,5-15H2,1-4H3. The highest BCUT2D eigenvalue weighted by atomic mass is 15.0. The Labute approximate surface area is 139 Å². The quantitative estimate of drug-likeness (QED) is 0.693. The first-order chi connectivity index (χ1) is 10.5. The molecular weight excluding hydrogens is 268 g/mol. The van der Waals surface area contributed by atoms with Gasteiger partial charge in [-0.2, -0.15) is 0 Å². The van der Waals surface area contributed by atoms with Crippen LogP contribution < -0.4 is 10.6 Å². The van der Waals surface area contributed by atoms with Crippen molar-refractivity contribution in [2.75, 3.05) is 13.1 Å². The fourth-order valence-electron chi connectivity index (χ4n) is 4.69. The van der Waals surface area contributed by atoms with Gasteiger partial charge in [-0.3, -0.25) is 0 Å². The highest BCUT2D eigenvalue weighted by molar-refractivity contribution is 4.88. The normalized spacial score (nSPS) is 33.8. The van der Waals surface area contributed by atoms with Gasteiger partial charge in [-0.05, 0) is 62.4 Å². The van der Waals surface area contributed by atoms with Crippen LogP contribution in [0, 0.1) is 17.3 Å². The topological polar surface area (TPSA) is 24.1 Å². The molecule has 2 aliphatic carbocycles. The van der Waals surface area contributed by atoms with E-state index in [-0.39, 0.29) is 0 Å². The smallest absolute Gasteiger partial charge is 0.0100 e. The molecule has 0 heterocycles. The van der Waals surface area contributed by atoms with E-state index in [0.29, 0.717) is 5.41 Å². The fraction of sp³-hybridized carbons (Fsp3) is 1.00. The second kappa shape index (κ2) is 8.68. The third kappa shape index (κ3) is 5.53. The Morgan fingerprint density at radius 3 is 1.95 bits per heavy atom. The van der Waals surface area contributed by atoms with Crippen molar-refractivity contribution in [1.82, 2.24) is 10.6 Å².